The van der Waals surface area contributed by atoms with Gasteiger partial charge in [0.15, 0.2) is 0 Å². The number of carbonyl (C=O) groups excluding carboxylic acids is 2. The molecule has 2 amide bonds. The van der Waals surface area contributed by atoms with Gasteiger partial charge in [-0.3, -0.25) is 9.59 Å². The quantitative estimate of drug-likeness (QED) is 0.450. The fraction of sp³-hybridized carbons (Fsp3) is 0.0769. The molecule has 4 heteroatoms. The molecule has 3 nitrogen and oxygen atoms in total. The molecule has 0 atom stereocenters. The van der Waals surface area contributed by atoms with Crippen molar-refractivity contribution >= 4 is 33.4 Å². The predicted octanol–water partition coefficient (Wildman–Crippen LogP) is 1.86. The molecule has 1 heterocycles. The molecule has 0 fully saturated rings. The minimum atomic E-state index is -0.311. The van der Waals surface area contributed by atoms with Crippen molar-refractivity contribution in [3.63, 3.8) is 0 Å². The first kappa shape index (κ1) is 11.6. The highest BCUT2D eigenvalue weighted by molar-refractivity contribution is 9.09. The van der Waals surface area contributed by atoms with Crippen LogP contribution in [0.4, 0.5) is 5.69 Å². The number of amides is 2. The maximum Gasteiger partial charge on any atom is 0.258 e. The lowest BCUT2D eigenvalue weighted by Crippen LogP contribution is -2.29. The average molecular weight is 290 g/mol. The number of hydrogen-bond donors (Lipinski definition) is 0. The molecule has 0 radical (unpaired) electrons. The second-order valence-corrected chi connectivity index (χ2v) is 3.89. The van der Waals surface area contributed by atoms with Crippen LogP contribution in [0.5, 0.6) is 0 Å². The van der Waals surface area contributed by atoms with Crippen LogP contribution < -0.4 is 4.90 Å². The van der Waals surface area contributed by atoms with E-state index in [1.807, 2.05) is 0 Å². The lowest BCUT2D eigenvalue weighted by atomic mass is 10.2. The number of nitrogens with zero attached hydrogens (tertiary/aromatic N) is 1. The summed E-state index contributed by atoms with van der Waals surface area (Å²) < 4.78 is 0. The zero-order chi connectivity index (χ0) is 12.3. The number of imide groups is 1. The number of benzene rings is 1. The number of hydrogen-bond acceptors (Lipinski definition) is 2. The fourth-order valence-electron chi connectivity index (χ4n) is 1.48. The van der Waals surface area contributed by atoms with Crippen molar-refractivity contribution in [2.24, 2.45) is 0 Å². The summed E-state index contributed by atoms with van der Waals surface area (Å²) in [6, 6.07) is 6.98. The van der Waals surface area contributed by atoms with Crippen LogP contribution in [0.15, 0.2) is 36.4 Å². The standard InChI is InChI=1S/C13H8BrNO2/c14-9-1-2-10-3-5-11(6-4-10)15-12(16)7-8-13(15)17/h3-8H,9H2. The molecule has 17 heavy (non-hydrogen) atoms. The van der Waals surface area contributed by atoms with Gasteiger partial charge in [0, 0.05) is 17.7 Å². The Bertz CT molecular complexity index is 531. The van der Waals surface area contributed by atoms with E-state index in [0.717, 1.165) is 10.5 Å². The lowest BCUT2D eigenvalue weighted by molar-refractivity contribution is -0.119. The minimum absolute atomic E-state index is 0.311. The molecule has 0 aromatic heterocycles. The molecule has 0 unspecified atom stereocenters. The summed E-state index contributed by atoms with van der Waals surface area (Å²) >= 11 is 3.21. The van der Waals surface area contributed by atoms with Crippen LogP contribution >= 0.6 is 15.9 Å². The van der Waals surface area contributed by atoms with Crippen LogP contribution in [0.25, 0.3) is 0 Å². The van der Waals surface area contributed by atoms with Crippen molar-refractivity contribution in [2.75, 3.05) is 10.2 Å². The number of carbonyl (C=O) groups is 2. The predicted molar refractivity (Wildman–Crippen MR) is 68.7 cm³/mol. The van der Waals surface area contributed by atoms with Gasteiger partial charge in [0.2, 0.25) is 0 Å². The summed E-state index contributed by atoms with van der Waals surface area (Å²) in [5.41, 5.74) is 1.41. The summed E-state index contributed by atoms with van der Waals surface area (Å²) in [6.07, 6.45) is 2.53. The zero-order valence-electron chi connectivity index (χ0n) is 8.81. The molecule has 1 aliphatic rings. The van der Waals surface area contributed by atoms with Gasteiger partial charge in [-0.2, -0.15) is 0 Å². The van der Waals surface area contributed by atoms with Crippen molar-refractivity contribution in [1.29, 1.82) is 0 Å². The topological polar surface area (TPSA) is 37.4 Å². The molecule has 0 aliphatic carbocycles. The van der Waals surface area contributed by atoms with Gasteiger partial charge in [-0.15, -0.1) is 0 Å². The average Bonchev–Trinajstić information content (AvgIpc) is 2.67. The Kier molecular flexibility index (Phi) is 3.40. The Morgan fingerprint density at radius 3 is 2.18 bits per heavy atom. The van der Waals surface area contributed by atoms with Crippen LogP contribution in [0.1, 0.15) is 5.56 Å². The van der Waals surface area contributed by atoms with Crippen molar-refractivity contribution in [2.45, 2.75) is 0 Å². The van der Waals surface area contributed by atoms with Crippen LogP contribution in [0.3, 0.4) is 0 Å². The number of alkyl halides is 1. The second-order valence-electron chi connectivity index (χ2n) is 3.33. The van der Waals surface area contributed by atoms with Gasteiger partial charge in [0.05, 0.1) is 11.0 Å². The van der Waals surface area contributed by atoms with Crippen LogP contribution in [-0.2, 0) is 9.59 Å². The van der Waals surface area contributed by atoms with E-state index in [1.165, 1.54) is 12.2 Å². The monoisotopic (exact) mass is 289 g/mol. The van der Waals surface area contributed by atoms with Crippen molar-refractivity contribution in [3.8, 4) is 11.8 Å². The normalized spacial score (nSPS) is 13.8. The third-order valence-electron chi connectivity index (χ3n) is 2.23. The van der Waals surface area contributed by atoms with E-state index >= 15 is 0 Å². The summed E-state index contributed by atoms with van der Waals surface area (Å²) in [6.45, 7) is 0. The highest BCUT2D eigenvalue weighted by Gasteiger charge is 2.24. The first-order chi connectivity index (χ1) is 8.22. The highest BCUT2D eigenvalue weighted by Crippen LogP contribution is 2.19. The smallest absolute Gasteiger partial charge is 0.258 e. The highest BCUT2D eigenvalue weighted by atomic mass is 79.9. The first-order valence-electron chi connectivity index (χ1n) is 4.93. The number of anilines is 1. The van der Waals surface area contributed by atoms with Gasteiger partial charge in [-0.25, -0.2) is 4.90 Å². The van der Waals surface area contributed by atoms with Crippen LogP contribution in [-0.4, -0.2) is 17.1 Å². The van der Waals surface area contributed by atoms with Crippen LogP contribution in [0.2, 0.25) is 0 Å². The van der Waals surface area contributed by atoms with E-state index in [-0.39, 0.29) is 11.8 Å². The molecule has 0 bridgehead atoms. The van der Waals surface area contributed by atoms with Crippen molar-refractivity contribution in [3.05, 3.63) is 42.0 Å². The van der Waals surface area contributed by atoms with Crippen molar-refractivity contribution < 1.29 is 9.59 Å². The largest absolute Gasteiger partial charge is 0.269 e. The summed E-state index contributed by atoms with van der Waals surface area (Å²) in [5, 5.41) is 0.613. The van der Waals surface area contributed by atoms with Crippen LogP contribution in [0, 0.1) is 11.8 Å². The Balaban J connectivity index is 2.24. The third kappa shape index (κ3) is 2.45. The molecule has 0 saturated heterocycles. The summed E-state index contributed by atoms with van der Waals surface area (Å²) in [5.74, 6) is 5.19. The second kappa shape index (κ2) is 4.98. The number of halogens is 1. The van der Waals surface area contributed by atoms with E-state index in [1.54, 1.807) is 24.3 Å². The Hall–Kier alpha value is -1.86. The van der Waals surface area contributed by atoms with E-state index in [2.05, 4.69) is 27.8 Å². The molecule has 84 valence electrons. The van der Waals surface area contributed by atoms with Crippen molar-refractivity contribution in [1.82, 2.24) is 0 Å². The molecular formula is C13H8BrNO2. The van der Waals surface area contributed by atoms with Gasteiger partial charge in [0.25, 0.3) is 11.8 Å². The van der Waals surface area contributed by atoms with E-state index in [9.17, 15) is 9.59 Å². The van der Waals surface area contributed by atoms with Gasteiger partial charge >= 0.3 is 0 Å². The summed E-state index contributed by atoms with van der Waals surface area (Å²) in [4.78, 5) is 24.0. The van der Waals surface area contributed by atoms with Gasteiger partial charge in [-0.1, -0.05) is 27.8 Å². The maximum absolute atomic E-state index is 11.4. The van der Waals surface area contributed by atoms with Gasteiger partial charge in [-0.05, 0) is 24.3 Å². The third-order valence-corrected chi connectivity index (χ3v) is 2.51. The molecule has 0 saturated carbocycles. The molecule has 1 aromatic carbocycles. The van der Waals surface area contributed by atoms with Gasteiger partial charge in [0.1, 0.15) is 0 Å². The Morgan fingerprint density at radius 2 is 1.65 bits per heavy atom. The molecule has 2 rings (SSSR count). The van der Waals surface area contributed by atoms with Gasteiger partial charge < -0.3 is 0 Å². The first-order valence-corrected chi connectivity index (χ1v) is 6.05. The Labute approximate surface area is 107 Å². The van der Waals surface area contributed by atoms with E-state index in [0.29, 0.717) is 11.0 Å². The van der Waals surface area contributed by atoms with E-state index in [4.69, 9.17) is 0 Å². The van der Waals surface area contributed by atoms with E-state index < -0.39 is 0 Å². The molecule has 1 aromatic rings. The zero-order valence-corrected chi connectivity index (χ0v) is 10.4. The fourth-order valence-corrected chi connectivity index (χ4v) is 1.62. The SMILES string of the molecule is O=C1C=CC(=O)N1c1ccc(C#CCBr)cc1. The molecule has 0 spiro atoms. The lowest BCUT2D eigenvalue weighted by Gasteiger charge is -2.13. The minimum Gasteiger partial charge on any atom is -0.269 e. The summed E-state index contributed by atoms with van der Waals surface area (Å²) in [7, 11) is 0. The number of rotatable bonds is 1. The molecular weight excluding hydrogens is 282 g/mol. The molecule has 1 aliphatic heterocycles. The Morgan fingerprint density at radius 1 is 1.06 bits per heavy atom. The molecule has 0 N–H and O–H groups in total. The maximum atomic E-state index is 11.4.